The summed E-state index contributed by atoms with van der Waals surface area (Å²) < 4.78 is 5.73. The van der Waals surface area contributed by atoms with Crippen molar-refractivity contribution in [2.75, 3.05) is 43.0 Å². The summed E-state index contributed by atoms with van der Waals surface area (Å²) >= 11 is 6.54. The molecule has 0 bridgehead atoms. The number of carbonyl (C=O) groups is 2. The molecule has 1 aliphatic heterocycles. The van der Waals surface area contributed by atoms with Gasteiger partial charge in [0.2, 0.25) is 5.91 Å². The maximum Gasteiger partial charge on any atom is 0.255 e. The normalized spacial score (nSPS) is 13.9. The first kappa shape index (κ1) is 23.9. The van der Waals surface area contributed by atoms with E-state index in [2.05, 4.69) is 17.1 Å². The van der Waals surface area contributed by atoms with Gasteiger partial charge in [-0.15, -0.1) is 0 Å². The van der Waals surface area contributed by atoms with Gasteiger partial charge in [0.15, 0.2) is 0 Å². The van der Waals surface area contributed by atoms with Crippen LogP contribution in [0.1, 0.15) is 44.0 Å². The zero-order valence-electron chi connectivity index (χ0n) is 19.1. The van der Waals surface area contributed by atoms with Crippen molar-refractivity contribution in [2.45, 2.75) is 33.6 Å². The second kappa shape index (κ2) is 11.2. The van der Waals surface area contributed by atoms with Gasteiger partial charge < -0.3 is 19.9 Å². The molecule has 1 heterocycles. The lowest BCUT2D eigenvalue weighted by atomic mass is 10.1. The van der Waals surface area contributed by atoms with E-state index in [1.165, 1.54) is 0 Å². The number of unbranched alkanes of at least 4 members (excludes halogenated alkanes) is 1. The molecule has 32 heavy (non-hydrogen) atoms. The van der Waals surface area contributed by atoms with Gasteiger partial charge in [0.1, 0.15) is 5.75 Å². The van der Waals surface area contributed by atoms with Crippen molar-refractivity contribution in [1.29, 1.82) is 0 Å². The Morgan fingerprint density at radius 2 is 1.81 bits per heavy atom. The number of hydrogen-bond donors (Lipinski definition) is 1. The van der Waals surface area contributed by atoms with Crippen LogP contribution in [0, 0.1) is 5.92 Å². The summed E-state index contributed by atoms with van der Waals surface area (Å²) in [4.78, 5) is 29.3. The smallest absolute Gasteiger partial charge is 0.255 e. The van der Waals surface area contributed by atoms with Crippen LogP contribution in [0.5, 0.6) is 5.75 Å². The van der Waals surface area contributed by atoms with Crippen molar-refractivity contribution in [1.82, 2.24) is 4.90 Å². The number of amides is 2. The molecule has 0 saturated carbocycles. The third-order valence-electron chi connectivity index (χ3n) is 5.50. The second-order valence-corrected chi connectivity index (χ2v) is 8.69. The van der Waals surface area contributed by atoms with Gasteiger partial charge in [-0.1, -0.05) is 50.9 Å². The van der Waals surface area contributed by atoms with Crippen molar-refractivity contribution in [3.8, 4) is 5.75 Å². The topological polar surface area (TPSA) is 61.9 Å². The van der Waals surface area contributed by atoms with Crippen molar-refractivity contribution in [2.24, 2.45) is 5.92 Å². The highest BCUT2D eigenvalue weighted by atomic mass is 35.5. The standard InChI is InChI=1S/C25H32ClN3O3/c1-4-5-16-32-20-9-6-8-19(17-20)24(30)27-22-11-7-10-21(26)23(22)28-12-14-29(15-13-28)25(31)18(2)3/h6-11,17-18H,4-5,12-16H2,1-3H3,(H,27,30). The van der Waals surface area contributed by atoms with Gasteiger partial charge in [-0.3, -0.25) is 9.59 Å². The molecule has 0 radical (unpaired) electrons. The van der Waals surface area contributed by atoms with E-state index in [1.54, 1.807) is 12.1 Å². The largest absolute Gasteiger partial charge is 0.494 e. The maximum atomic E-state index is 13.0. The molecule has 0 spiro atoms. The number of halogens is 1. The first-order valence-electron chi connectivity index (χ1n) is 11.3. The van der Waals surface area contributed by atoms with Crippen molar-refractivity contribution < 1.29 is 14.3 Å². The van der Waals surface area contributed by atoms with Crippen LogP contribution in [0.4, 0.5) is 11.4 Å². The van der Waals surface area contributed by atoms with Crippen LogP contribution < -0.4 is 15.0 Å². The van der Waals surface area contributed by atoms with E-state index in [9.17, 15) is 9.59 Å². The Morgan fingerprint density at radius 1 is 1.09 bits per heavy atom. The number of benzene rings is 2. The molecule has 1 N–H and O–H groups in total. The van der Waals surface area contributed by atoms with Gasteiger partial charge in [0.05, 0.1) is 23.0 Å². The first-order valence-corrected chi connectivity index (χ1v) is 11.6. The molecule has 0 aliphatic carbocycles. The Morgan fingerprint density at radius 3 is 2.50 bits per heavy atom. The van der Waals surface area contributed by atoms with E-state index in [-0.39, 0.29) is 17.7 Å². The summed E-state index contributed by atoms with van der Waals surface area (Å²) in [6, 6.07) is 12.7. The monoisotopic (exact) mass is 457 g/mol. The first-order chi connectivity index (χ1) is 15.4. The van der Waals surface area contributed by atoms with Gasteiger partial charge in [-0.25, -0.2) is 0 Å². The van der Waals surface area contributed by atoms with E-state index < -0.39 is 0 Å². The predicted octanol–water partition coefficient (Wildman–Crippen LogP) is 5.08. The molecule has 1 aliphatic rings. The fourth-order valence-electron chi connectivity index (χ4n) is 3.71. The minimum Gasteiger partial charge on any atom is -0.494 e. The van der Waals surface area contributed by atoms with E-state index in [0.29, 0.717) is 54.8 Å². The summed E-state index contributed by atoms with van der Waals surface area (Å²) in [5.74, 6) is 0.614. The summed E-state index contributed by atoms with van der Waals surface area (Å²) in [5, 5.41) is 3.58. The molecule has 1 saturated heterocycles. The SMILES string of the molecule is CCCCOc1cccc(C(=O)Nc2cccc(Cl)c2N2CCN(C(=O)C(C)C)CC2)c1. The van der Waals surface area contributed by atoms with Crippen molar-refractivity contribution >= 4 is 34.8 Å². The van der Waals surface area contributed by atoms with Gasteiger partial charge >= 0.3 is 0 Å². The van der Waals surface area contributed by atoms with Crippen LogP contribution in [0.2, 0.25) is 5.02 Å². The number of nitrogens with zero attached hydrogens (tertiary/aromatic N) is 2. The van der Waals surface area contributed by atoms with Crippen LogP contribution in [0.15, 0.2) is 42.5 Å². The molecule has 2 amide bonds. The third kappa shape index (κ3) is 5.94. The van der Waals surface area contributed by atoms with Crippen LogP contribution in [0.25, 0.3) is 0 Å². The number of para-hydroxylation sites is 1. The van der Waals surface area contributed by atoms with E-state index >= 15 is 0 Å². The number of ether oxygens (including phenoxy) is 1. The molecule has 172 valence electrons. The van der Waals surface area contributed by atoms with Crippen molar-refractivity contribution in [3.63, 3.8) is 0 Å². The Hall–Kier alpha value is -2.73. The highest BCUT2D eigenvalue weighted by Gasteiger charge is 2.25. The lowest BCUT2D eigenvalue weighted by Gasteiger charge is -2.38. The summed E-state index contributed by atoms with van der Waals surface area (Å²) in [6.07, 6.45) is 2.02. The minimum absolute atomic E-state index is 0.0153. The molecule has 2 aromatic carbocycles. The lowest BCUT2D eigenvalue weighted by molar-refractivity contribution is -0.134. The summed E-state index contributed by atoms with van der Waals surface area (Å²) in [6.45, 7) is 9.15. The van der Waals surface area contributed by atoms with Crippen LogP contribution in [0.3, 0.4) is 0 Å². The third-order valence-corrected chi connectivity index (χ3v) is 5.80. The Bertz CT molecular complexity index is 940. The van der Waals surface area contributed by atoms with E-state index in [0.717, 1.165) is 18.5 Å². The van der Waals surface area contributed by atoms with Crippen LogP contribution in [-0.4, -0.2) is 49.5 Å². The molecule has 7 heteroatoms. The van der Waals surface area contributed by atoms with E-state index in [4.69, 9.17) is 16.3 Å². The van der Waals surface area contributed by atoms with Gasteiger partial charge in [0.25, 0.3) is 5.91 Å². The molecule has 0 unspecified atom stereocenters. The highest BCUT2D eigenvalue weighted by Crippen LogP contribution is 2.35. The van der Waals surface area contributed by atoms with Gasteiger partial charge in [-0.05, 0) is 36.8 Å². The average Bonchev–Trinajstić information content (AvgIpc) is 2.79. The Labute approximate surface area is 195 Å². The Kier molecular flexibility index (Phi) is 8.39. The van der Waals surface area contributed by atoms with Gasteiger partial charge in [0, 0.05) is 37.7 Å². The molecule has 6 nitrogen and oxygen atoms in total. The fourth-order valence-corrected chi connectivity index (χ4v) is 4.00. The molecular weight excluding hydrogens is 426 g/mol. The minimum atomic E-state index is -0.219. The zero-order valence-corrected chi connectivity index (χ0v) is 19.8. The maximum absolute atomic E-state index is 13.0. The fraction of sp³-hybridized carbons (Fsp3) is 0.440. The number of carbonyl (C=O) groups excluding carboxylic acids is 2. The number of anilines is 2. The molecule has 0 atom stereocenters. The van der Waals surface area contributed by atoms with Crippen LogP contribution in [-0.2, 0) is 4.79 Å². The summed E-state index contributed by atoms with van der Waals surface area (Å²) in [7, 11) is 0. The number of hydrogen-bond acceptors (Lipinski definition) is 4. The number of piperazine rings is 1. The van der Waals surface area contributed by atoms with E-state index in [1.807, 2.05) is 49.1 Å². The summed E-state index contributed by atoms with van der Waals surface area (Å²) in [5.41, 5.74) is 1.97. The number of rotatable bonds is 8. The zero-order chi connectivity index (χ0) is 23.1. The highest BCUT2D eigenvalue weighted by molar-refractivity contribution is 6.34. The molecule has 1 fully saturated rings. The average molecular weight is 458 g/mol. The van der Waals surface area contributed by atoms with Crippen LogP contribution >= 0.6 is 11.6 Å². The molecule has 0 aromatic heterocycles. The van der Waals surface area contributed by atoms with Gasteiger partial charge in [-0.2, -0.15) is 0 Å². The number of nitrogens with one attached hydrogen (secondary N) is 1. The predicted molar refractivity (Wildman–Crippen MR) is 130 cm³/mol. The molecular formula is C25H32ClN3O3. The second-order valence-electron chi connectivity index (χ2n) is 8.29. The Balaban J connectivity index is 1.72. The quantitative estimate of drug-likeness (QED) is 0.562. The van der Waals surface area contributed by atoms with Crippen molar-refractivity contribution in [3.05, 3.63) is 53.1 Å². The molecule has 2 aromatic rings. The molecule has 3 rings (SSSR count). The lowest BCUT2D eigenvalue weighted by Crippen LogP contribution is -2.50.